The molecule has 1 amide bonds. The zero-order valence-corrected chi connectivity index (χ0v) is 14.7. The maximum absolute atomic E-state index is 12.6. The Morgan fingerprint density at radius 3 is 2.54 bits per heavy atom. The number of pyridine rings is 1. The molecule has 1 aromatic carbocycles. The van der Waals surface area contributed by atoms with E-state index in [-0.39, 0.29) is 5.91 Å². The number of nitrogens with zero attached hydrogens (tertiary/aromatic N) is 2. The van der Waals surface area contributed by atoms with Gasteiger partial charge in [0.15, 0.2) is 0 Å². The van der Waals surface area contributed by atoms with E-state index in [0.717, 1.165) is 35.6 Å². The van der Waals surface area contributed by atoms with Crippen molar-refractivity contribution in [2.45, 2.75) is 39.5 Å². The Labute approximate surface area is 143 Å². The number of hydrogen-bond donors (Lipinski definition) is 1. The Hall–Kier alpha value is -2.36. The third-order valence-electron chi connectivity index (χ3n) is 4.62. The highest BCUT2D eigenvalue weighted by molar-refractivity contribution is 6.03. The number of benzene rings is 1. The quantitative estimate of drug-likeness (QED) is 0.909. The summed E-state index contributed by atoms with van der Waals surface area (Å²) in [6.07, 6.45) is 4.27. The predicted molar refractivity (Wildman–Crippen MR) is 98.9 cm³/mol. The molecule has 1 aromatic heterocycles. The molecule has 0 saturated carbocycles. The first-order valence-corrected chi connectivity index (χ1v) is 8.68. The number of anilines is 2. The highest BCUT2D eigenvalue weighted by Gasteiger charge is 2.16. The van der Waals surface area contributed by atoms with Crippen LogP contribution in [0.3, 0.4) is 0 Å². The maximum atomic E-state index is 12.6. The smallest absolute Gasteiger partial charge is 0.274 e. The molecule has 0 spiro atoms. The molecule has 2 aromatic rings. The summed E-state index contributed by atoms with van der Waals surface area (Å²) in [7, 11) is 0. The van der Waals surface area contributed by atoms with Crippen LogP contribution in [0.4, 0.5) is 11.4 Å². The summed E-state index contributed by atoms with van der Waals surface area (Å²) in [4.78, 5) is 19.3. The summed E-state index contributed by atoms with van der Waals surface area (Å²) in [6, 6.07) is 9.93. The molecule has 3 rings (SSSR count). The molecule has 0 unspecified atom stereocenters. The molecule has 1 saturated heterocycles. The van der Waals surface area contributed by atoms with Crippen molar-refractivity contribution >= 4 is 17.3 Å². The standard InChI is InChI=1S/C20H25N3O/c1-14(2)17-8-6-7-15(3)19(17)22-20(24)18-10-9-16(13-21-18)23-11-4-5-12-23/h6-10,13-14H,4-5,11-12H2,1-3H3,(H,22,24). The van der Waals surface area contributed by atoms with Crippen molar-refractivity contribution in [3.05, 3.63) is 53.3 Å². The van der Waals surface area contributed by atoms with Crippen LogP contribution in [-0.2, 0) is 0 Å². The van der Waals surface area contributed by atoms with Gasteiger partial charge in [0.25, 0.3) is 5.91 Å². The first kappa shape index (κ1) is 16.5. The summed E-state index contributed by atoms with van der Waals surface area (Å²) in [5.74, 6) is 0.199. The third-order valence-corrected chi connectivity index (χ3v) is 4.62. The fraction of sp³-hybridized carbons (Fsp3) is 0.400. The Morgan fingerprint density at radius 1 is 1.17 bits per heavy atom. The SMILES string of the molecule is Cc1cccc(C(C)C)c1NC(=O)c1ccc(N2CCCC2)cn1. The number of hydrogen-bond acceptors (Lipinski definition) is 3. The molecule has 0 atom stereocenters. The van der Waals surface area contributed by atoms with Gasteiger partial charge in [0, 0.05) is 18.8 Å². The number of carbonyl (C=O) groups excluding carboxylic acids is 1. The van der Waals surface area contributed by atoms with E-state index in [1.165, 1.54) is 12.8 Å². The van der Waals surface area contributed by atoms with E-state index >= 15 is 0 Å². The Bertz CT molecular complexity index is 716. The molecule has 0 radical (unpaired) electrons. The van der Waals surface area contributed by atoms with Gasteiger partial charge in [0.05, 0.1) is 11.9 Å². The van der Waals surface area contributed by atoms with Gasteiger partial charge in [-0.05, 0) is 48.9 Å². The second kappa shape index (κ2) is 7.04. The van der Waals surface area contributed by atoms with Gasteiger partial charge in [-0.2, -0.15) is 0 Å². The van der Waals surface area contributed by atoms with E-state index in [0.29, 0.717) is 11.6 Å². The van der Waals surface area contributed by atoms with Crippen molar-refractivity contribution in [2.75, 3.05) is 23.3 Å². The molecule has 1 N–H and O–H groups in total. The summed E-state index contributed by atoms with van der Waals surface area (Å²) in [5, 5.41) is 3.05. The average molecular weight is 323 g/mol. The lowest BCUT2D eigenvalue weighted by molar-refractivity contribution is 0.102. The number of para-hydroxylation sites is 1. The van der Waals surface area contributed by atoms with Crippen molar-refractivity contribution < 1.29 is 4.79 Å². The topological polar surface area (TPSA) is 45.2 Å². The lowest BCUT2D eigenvalue weighted by Gasteiger charge is -2.18. The second-order valence-corrected chi connectivity index (χ2v) is 6.74. The molecule has 2 heterocycles. The van der Waals surface area contributed by atoms with Crippen molar-refractivity contribution in [3.8, 4) is 0 Å². The molecule has 24 heavy (non-hydrogen) atoms. The molecule has 126 valence electrons. The minimum Gasteiger partial charge on any atom is -0.370 e. The second-order valence-electron chi connectivity index (χ2n) is 6.74. The number of rotatable bonds is 4. The minimum absolute atomic E-state index is 0.154. The number of amides is 1. The molecule has 0 aliphatic carbocycles. The molecule has 1 aliphatic rings. The lowest BCUT2D eigenvalue weighted by Crippen LogP contribution is -2.19. The molecule has 0 bridgehead atoms. The van der Waals surface area contributed by atoms with E-state index in [1.807, 2.05) is 31.2 Å². The van der Waals surface area contributed by atoms with Crippen LogP contribution in [0.5, 0.6) is 0 Å². The van der Waals surface area contributed by atoms with Crippen LogP contribution >= 0.6 is 0 Å². The van der Waals surface area contributed by atoms with Gasteiger partial charge >= 0.3 is 0 Å². The van der Waals surface area contributed by atoms with Gasteiger partial charge in [-0.1, -0.05) is 32.0 Å². The first-order chi connectivity index (χ1) is 11.6. The molecule has 1 aliphatic heterocycles. The van der Waals surface area contributed by atoms with E-state index in [1.54, 1.807) is 6.20 Å². The number of carbonyl (C=O) groups is 1. The summed E-state index contributed by atoms with van der Waals surface area (Å²) >= 11 is 0. The van der Waals surface area contributed by atoms with Crippen LogP contribution in [-0.4, -0.2) is 24.0 Å². The highest BCUT2D eigenvalue weighted by Crippen LogP contribution is 2.28. The first-order valence-electron chi connectivity index (χ1n) is 8.68. The van der Waals surface area contributed by atoms with Gasteiger partial charge in [-0.15, -0.1) is 0 Å². The fourth-order valence-corrected chi connectivity index (χ4v) is 3.20. The summed E-state index contributed by atoms with van der Waals surface area (Å²) < 4.78 is 0. The van der Waals surface area contributed by atoms with Gasteiger partial charge in [0.2, 0.25) is 0 Å². The van der Waals surface area contributed by atoms with Crippen LogP contribution in [0.15, 0.2) is 36.5 Å². The van der Waals surface area contributed by atoms with E-state index in [4.69, 9.17) is 0 Å². The van der Waals surface area contributed by atoms with Crippen molar-refractivity contribution in [1.29, 1.82) is 0 Å². The van der Waals surface area contributed by atoms with Crippen molar-refractivity contribution in [1.82, 2.24) is 4.98 Å². The Kier molecular flexibility index (Phi) is 4.84. The third kappa shape index (κ3) is 3.42. The van der Waals surface area contributed by atoms with E-state index in [2.05, 4.69) is 35.1 Å². The average Bonchev–Trinajstić information content (AvgIpc) is 3.11. The van der Waals surface area contributed by atoms with Gasteiger partial charge in [-0.3, -0.25) is 4.79 Å². The van der Waals surface area contributed by atoms with Crippen LogP contribution in [0.2, 0.25) is 0 Å². The lowest BCUT2D eigenvalue weighted by atomic mass is 9.98. The van der Waals surface area contributed by atoms with Gasteiger partial charge < -0.3 is 10.2 Å². The zero-order chi connectivity index (χ0) is 17.1. The number of nitrogens with one attached hydrogen (secondary N) is 1. The van der Waals surface area contributed by atoms with Crippen molar-refractivity contribution in [2.24, 2.45) is 0 Å². The summed E-state index contributed by atoms with van der Waals surface area (Å²) in [5.41, 5.74) is 4.68. The Balaban J connectivity index is 1.78. The van der Waals surface area contributed by atoms with Crippen LogP contribution < -0.4 is 10.2 Å². The van der Waals surface area contributed by atoms with Gasteiger partial charge in [0.1, 0.15) is 5.69 Å². The summed E-state index contributed by atoms with van der Waals surface area (Å²) in [6.45, 7) is 8.44. The number of aromatic nitrogens is 1. The maximum Gasteiger partial charge on any atom is 0.274 e. The molecule has 1 fully saturated rings. The van der Waals surface area contributed by atoms with Crippen LogP contribution in [0, 0.1) is 6.92 Å². The van der Waals surface area contributed by atoms with Gasteiger partial charge in [-0.25, -0.2) is 4.98 Å². The van der Waals surface area contributed by atoms with Crippen LogP contribution in [0.25, 0.3) is 0 Å². The van der Waals surface area contributed by atoms with E-state index in [9.17, 15) is 4.79 Å². The minimum atomic E-state index is -0.154. The molecular weight excluding hydrogens is 298 g/mol. The van der Waals surface area contributed by atoms with E-state index < -0.39 is 0 Å². The number of aryl methyl sites for hydroxylation is 1. The molecule has 4 nitrogen and oxygen atoms in total. The molecular formula is C20H25N3O. The molecule has 4 heteroatoms. The zero-order valence-electron chi connectivity index (χ0n) is 14.7. The highest BCUT2D eigenvalue weighted by atomic mass is 16.1. The predicted octanol–water partition coefficient (Wildman–Crippen LogP) is 4.37. The largest absolute Gasteiger partial charge is 0.370 e. The normalized spacial score (nSPS) is 14.2. The Morgan fingerprint density at radius 2 is 1.92 bits per heavy atom. The van der Waals surface area contributed by atoms with Crippen molar-refractivity contribution in [3.63, 3.8) is 0 Å². The van der Waals surface area contributed by atoms with Crippen LogP contribution in [0.1, 0.15) is 54.2 Å². The fourth-order valence-electron chi connectivity index (χ4n) is 3.20. The monoisotopic (exact) mass is 323 g/mol.